The number of rotatable bonds is 3. The van der Waals surface area contributed by atoms with Crippen LogP contribution >= 0.6 is 0 Å². The van der Waals surface area contributed by atoms with Crippen LogP contribution in [0.5, 0.6) is 0 Å². The van der Waals surface area contributed by atoms with Gasteiger partial charge in [0.2, 0.25) is 0 Å². The maximum absolute atomic E-state index is 5.98. The van der Waals surface area contributed by atoms with E-state index in [1.165, 1.54) is 17.4 Å². The van der Waals surface area contributed by atoms with Gasteiger partial charge in [-0.25, -0.2) is 4.98 Å². The second-order valence-corrected chi connectivity index (χ2v) is 5.36. The lowest BCUT2D eigenvalue weighted by Gasteiger charge is -2.17. The zero-order chi connectivity index (χ0) is 12.5. The van der Waals surface area contributed by atoms with Crippen molar-refractivity contribution in [2.75, 3.05) is 13.1 Å². The molecule has 1 aliphatic rings. The summed E-state index contributed by atoms with van der Waals surface area (Å²) in [7, 11) is 0. The van der Waals surface area contributed by atoms with E-state index in [4.69, 9.17) is 5.73 Å². The highest BCUT2D eigenvalue weighted by Crippen LogP contribution is 2.23. The first-order valence-corrected chi connectivity index (χ1v) is 6.63. The molecule has 18 heavy (non-hydrogen) atoms. The fourth-order valence-corrected chi connectivity index (χ4v) is 2.82. The van der Waals surface area contributed by atoms with E-state index in [1.807, 2.05) is 12.3 Å². The van der Waals surface area contributed by atoms with E-state index in [9.17, 15) is 0 Å². The Morgan fingerprint density at radius 2 is 2.50 bits per heavy atom. The van der Waals surface area contributed by atoms with Crippen molar-refractivity contribution in [3.63, 3.8) is 0 Å². The number of nitrogens with zero attached hydrogens (tertiary/aromatic N) is 2. The first kappa shape index (κ1) is 11.7. The largest absolute Gasteiger partial charge is 0.346 e. The molecule has 2 aromatic rings. The molecule has 4 nitrogen and oxygen atoms in total. The van der Waals surface area contributed by atoms with Crippen molar-refractivity contribution in [2.45, 2.75) is 25.9 Å². The first-order valence-electron chi connectivity index (χ1n) is 6.63. The highest BCUT2D eigenvalue weighted by atomic mass is 15.1. The first-order chi connectivity index (χ1) is 8.74. The molecule has 1 saturated heterocycles. The van der Waals surface area contributed by atoms with Crippen molar-refractivity contribution in [3.8, 4) is 0 Å². The van der Waals surface area contributed by atoms with Crippen molar-refractivity contribution >= 4 is 11.0 Å². The maximum atomic E-state index is 5.98. The zero-order valence-electron chi connectivity index (χ0n) is 10.8. The Morgan fingerprint density at radius 1 is 1.61 bits per heavy atom. The van der Waals surface area contributed by atoms with Crippen LogP contribution in [0.4, 0.5) is 0 Å². The van der Waals surface area contributed by atoms with E-state index in [0.29, 0.717) is 12.0 Å². The molecule has 0 aromatic carbocycles. The topological polar surface area (TPSA) is 57.9 Å². The summed E-state index contributed by atoms with van der Waals surface area (Å²) in [6.45, 7) is 5.38. The second-order valence-electron chi connectivity index (χ2n) is 5.36. The highest BCUT2D eigenvalue weighted by molar-refractivity contribution is 5.79. The van der Waals surface area contributed by atoms with Crippen LogP contribution < -0.4 is 5.73 Å². The highest BCUT2D eigenvalue weighted by Gasteiger charge is 2.25. The Kier molecular flexibility index (Phi) is 3.06. The van der Waals surface area contributed by atoms with Gasteiger partial charge in [0.05, 0.1) is 0 Å². The maximum Gasteiger partial charge on any atom is 0.137 e. The number of aromatic amines is 1. The summed E-state index contributed by atoms with van der Waals surface area (Å²) < 4.78 is 0. The van der Waals surface area contributed by atoms with Crippen molar-refractivity contribution in [1.29, 1.82) is 0 Å². The van der Waals surface area contributed by atoms with Crippen molar-refractivity contribution in [3.05, 3.63) is 30.1 Å². The van der Waals surface area contributed by atoms with Crippen LogP contribution in [-0.2, 0) is 6.54 Å². The molecular weight excluding hydrogens is 224 g/mol. The van der Waals surface area contributed by atoms with Gasteiger partial charge < -0.3 is 10.7 Å². The van der Waals surface area contributed by atoms with Crippen LogP contribution in [0.3, 0.4) is 0 Å². The standard InChI is InChI=1S/C14H20N4/c1-10(15)11-4-6-18(8-11)9-12-7-17-14-13(12)3-2-5-16-14/h2-3,5,7,10-11H,4,6,8-9,15H2,1H3,(H,16,17). The Bertz CT molecular complexity index is 531. The van der Waals surface area contributed by atoms with Gasteiger partial charge in [-0.15, -0.1) is 0 Å². The molecule has 3 heterocycles. The lowest BCUT2D eigenvalue weighted by atomic mass is 10.0. The Morgan fingerprint density at radius 3 is 3.28 bits per heavy atom. The molecule has 0 saturated carbocycles. The minimum atomic E-state index is 0.305. The molecule has 96 valence electrons. The molecule has 4 heteroatoms. The van der Waals surface area contributed by atoms with Gasteiger partial charge in [-0.3, -0.25) is 4.90 Å². The summed E-state index contributed by atoms with van der Waals surface area (Å²) in [5, 5.41) is 1.24. The number of hydrogen-bond acceptors (Lipinski definition) is 3. The molecule has 0 spiro atoms. The van der Waals surface area contributed by atoms with Crippen LogP contribution in [0.2, 0.25) is 0 Å². The molecule has 1 fully saturated rings. The molecule has 2 aromatic heterocycles. The van der Waals surface area contributed by atoms with Gasteiger partial charge in [-0.1, -0.05) is 0 Å². The number of likely N-dealkylation sites (tertiary alicyclic amines) is 1. The van der Waals surface area contributed by atoms with Gasteiger partial charge >= 0.3 is 0 Å². The average molecular weight is 244 g/mol. The number of nitrogens with two attached hydrogens (primary N) is 1. The van der Waals surface area contributed by atoms with Gasteiger partial charge in [0.1, 0.15) is 5.65 Å². The van der Waals surface area contributed by atoms with Gasteiger partial charge in [0.25, 0.3) is 0 Å². The fraction of sp³-hybridized carbons (Fsp3) is 0.500. The minimum absolute atomic E-state index is 0.305. The molecule has 1 aliphatic heterocycles. The van der Waals surface area contributed by atoms with Gasteiger partial charge in [-0.2, -0.15) is 0 Å². The number of hydrogen-bond donors (Lipinski definition) is 2. The molecule has 0 aliphatic carbocycles. The van der Waals surface area contributed by atoms with Gasteiger partial charge in [0.15, 0.2) is 0 Å². The van der Waals surface area contributed by atoms with Crippen LogP contribution in [-0.4, -0.2) is 34.0 Å². The molecule has 3 rings (SSSR count). The van der Waals surface area contributed by atoms with E-state index in [1.54, 1.807) is 0 Å². The molecule has 3 N–H and O–H groups in total. The fourth-order valence-electron chi connectivity index (χ4n) is 2.82. The SMILES string of the molecule is CC(N)C1CCN(Cc2c[nH]c3ncccc23)C1. The third kappa shape index (κ3) is 2.13. The van der Waals surface area contributed by atoms with E-state index in [0.717, 1.165) is 25.3 Å². The Balaban J connectivity index is 1.74. The molecule has 2 atom stereocenters. The third-order valence-electron chi connectivity index (χ3n) is 3.98. The number of H-pyrrole nitrogens is 1. The quantitative estimate of drug-likeness (QED) is 0.864. The van der Waals surface area contributed by atoms with Crippen LogP contribution in [0.1, 0.15) is 18.9 Å². The number of nitrogens with one attached hydrogen (secondary N) is 1. The van der Waals surface area contributed by atoms with Gasteiger partial charge in [0, 0.05) is 36.9 Å². The summed E-state index contributed by atoms with van der Waals surface area (Å²) >= 11 is 0. The van der Waals surface area contributed by atoms with Crippen molar-refractivity contribution in [2.24, 2.45) is 11.7 Å². The summed E-state index contributed by atoms with van der Waals surface area (Å²) in [6, 6.07) is 4.43. The second kappa shape index (κ2) is 4.71. The van der Waals surface area contributed by atoms with E-state index in [2.05, 4.69) is 34.1 Å². The normalized spacial score (nSPS) is 22.7. The molecular formula is C14H20N4. The van der Waals surface area contributed by atoms with Crippen LogP contribution in [0.25, 0.3) is 11.0 Å². The van der Waals surface area contributed by atoms with Crippen LogP contribution in [0.15, 0.2) is 24.5 Å². The van der Waals surface area contributed by atoms with E-state index in [-0.39, 0.29) is 0 Å². The number of aromatic nitrogens is 2. The van der Waals surface area contributed by atoms with Crippen molar-refractivity contribution < 1.29 is 0 Å². The van der Waals surface area contributed by atoms with Crippen molar-refractivity contribution in [1.82, 2.24) is 14.9 Å². The van der Waals surface area contributed by atoms with Gasteiger partial charge in [-0.05, 0) is 43.5 Å². The number of fused-ring (bicyclic) bond motifs is 1. The summed E-state index contributed by atoms with van der Waals surface area (Å²) in [5.41, 5.74) is 8.30. The van der Waals surface area contributed by atoms with E-state index >= 15 is 0 Å². The lowest BCUT2D eigenvalue weighted by Crippen LogP contribution is -2.29. The van der Waals surface area contributed by atoms with Crippen LogP contribution in [0, 0.1) is 5.92 Å². The summed E-state index contributed by atoms with van der Waals surface area (Å²) in [4.78, 5) is 10.0. The molecule has 2 unspecified atom stereocenters. The lowest BCUT2D eigenvalue weighted by molar-refractivity contribution is 0.309. The summed E-state index contributed by atoms with van der Waals surface area (Å²) in [5.74, 6) is 0.647. The zero-order valence-corrected chi connectivity index (χ0v) is 10.8. The molecule has 0 bridgehead atoms. The number of pyridine rings is 1. The molecule has 0 amide bonds. The smallest absolute Gasteiger partial charge is 0.137 e. The average Bonchev–Trinajstić information content (AvgIpc) is 2.98. The Hall–Kier alpha value is -1.39. The monoisotopic (exact) mass is 244 g/mol. The predicted molar refractivity (Wildman–Crippen MR) is 73.1 cm³/mol. The third-order valence-corrected chi connectivity index (χ3v) is 3.98. The Labute approximate surface area is 107 Å². The summed E-state index contributed by atoms with van der Waals surface area (Å²) in [6.07, 6.45) is 5.12. The minimum Gasteiger partial charge on any atom is -0.346 e. The predicted octanol–water partition coefficient (Wildman–Crippen LogP) is 1.73. The molecule has 0 radical (unpaired) electrons. The van der Waals surface area contributed by atoms with E-state index < -0.39 is 0 Å².